The summed E-state index contributed by atoms with van der Waals surface area (Å²) in [4.78, 5) is 25.5. The zero-order valence-corrected chi connectivity index (χ0v) is 13.6. The van der Waals surface area contributed by atoms with Crippen LogP contribution in [0.1, 0.15) is 31.8 Å². The summed E-state index contributed by atoms with van der Waals surface area (Å²) in [5, 5.41) is 21.7. The van der Waals surface area contributed by atoms with E-state index in [4.69, 9.17) is 22.4 Å². The summed E-state index contributed by atoms with van der Waals surface area (Å²) in [5.74, 6) is -1.99. The molecule has 0 saturated heterocycles. The predicted molar refractivity (Wildman–Crippen MR) is 97.7 cm³/mol. The Hall–Kier alpha value is -3.39. The fraction of sp³-hybridized carbons (Fsp3) is 0. The van der Waals surface area contributed by atoms with E-state index in [0.717, 1.165) is 0 Å². The third-order valence-electron chi connectivity index (χ3n) is 3.02. The molecule has 0 aliphatic heterocycles. The summed E-state index contributed by atoms with van der Waals surface area (Å²) in [7, 11) is 0. The number of aromatic carboxylic acids is 2. The molecular formula is C17H13N3O4S. The summed E-state index contributed by atoms with van der Waals surface area (Å²) >= 11 is 5.00. The molecule has 2 rings (SSSR count). The van der Waals surface area contributed by atoms with Crippen LogP contribution in [-0.4, -0.2) is 39.7 Å². The van der Waals surface area contributed by atoms with Crippen molar-refractivity contribution < 1.29 is 19.8 Å². The molecule has 0 aliphatic carbocycles. The van der Waals surface area contributed by atoms with Gasteiger partial charge in [-0.05, 0) is 47.6 Å². The molecule has 0 aliphatic rings. The Balaban J connectivity index is 1.89. The second-order valence-electron chi connectivity index (χ2n) is 4.79. The lowest BCUT2D eigenvalue weighted by molar-refractivity contribution is 0.0686. The number of benzene rings is 2. The number of hydrogen-bond donors (Lipinski definition) is 3. The van der Waals surface area contributed by atoms with Crippen LogP contribution >= 0.6 is 12.2 Å². The second kappa shape index (κ2) is 8.46. The largest absolute Gasteiger partial charge is 0.478 e. The minimum atomic E-state index is -0.994. The topological polar surface area (TPSA) is 111 Å². The first-order chi connectivity index (χ1) is 12.0. The average molecular weight is 355 g/mol. The predicted octanol–water partition coefficient (Wildman–Crippen LogP) is 2.41. The Morgan fingerprint density at radius 3 is 1.72 bits per heavy atom. The van der Waals surface area contributed by atoms with Gasteiger partial charge in [0.05, 0.1) is 17.3 Å². The Kier molecular flexibility index (Phi) is 6.08. The molecule has 2 aromatic carbocycles. The van der Waals surface area contributed by atoms with Gasteiger partial charge in [-0.1, -0.05) is 24.3 Å². The van der Waals surface area contributed by atoms with Crippen LogP contribution in [0.3, 0.4) is 0 Å². The van der Waals surface area contributed by atoms with Crippen LogP contribution in [0, 0.1) is 0 Å². The molecule has 0 heterocycles. The monoisotopic (exact) mass is 355 g/mol. The fourth-order valence-corrected chi connectivity index (χ4v) is 1.85. The lowest BCUT2D eigenvalue weighted by Crippen LogP contribution is -2.12. The van der Waals surface area contributed by atoms with E-state index in [1.54, 1.807) is 24.3 Å². The van der Waals surface area contributed by atoms with Crippen molar-refractivity contribution in [2.24, 2.45) is 10.1 Å². The highest BCUT2D eigenvalue weighted by Crippen LogP contribution is 2.03. The highest BCUT2D eigenvalue weighted by atomic mass is 32.1. The summed E-state index contributed by atoms with van der Waals surface area (Å²) in [6, 6.07) is 12.3. The van der Waals surface area contributed by atoms with E-state index < -0.39 is 11.9 Å². The summed E-state index contributed by atoms with van der Waals surface area (Å²) in [5.41, 5.74) is 4.34. The first-order valence-electron chi connectivity index (χ1n) is 6.99. The van der Waals surface area contributed by atoms with E-state index in [-0.39, 0.29) is 16.2 Å². The van der Waals surface area contributed by atoms with E-state index in [2.05, 4.69) is 15.5 Å². The third kappa shape index (κ3) is 5.63. The fourth-order valence-electron chi connectivity index (χ4n) is 1.75. The molecule has 0 fully saturated rings. The van der Waals surface area contributed by atoms with Gasteiger partial charge in [0.2, 0.25) is 5.11 Å². The molecule has 7 nitrogen and oxygen atoms in total. The molecule has 0 spiro atoms. The lowest BCUT2D eigenvalue weighted by Gasteiger charge is -1.98. The van der Waals surface area contributed by atoms with Gasteiger partial charge < -0.3 is 10.2 Å². The first kappa shape index (κ1) is 18.0. The van der Waals surface area contributed by atoms with Crippen molar-refractivity contribution in [3.63, 3.8) is 0 Å². The third-order valence-corrected chi connectivity index (χ3v) is 3.22. The first-order valence-corrected chi connectivity index (χ1v) is 7.40. The zero-order valence-electron chi connectivity index (χ0n) is 12.8. The van der Waals surface area contributed by atoms with Gasteiger partial charge in [0.25, 0.3) is 0 Å². The van der Waals surface area contributed by atoms with Gasteiger partial charge >= 0.3 is 11.9 Å². The number of nitrogens with zero attached hydrogens (tertiary/aromatic N) is 2. The molecule has 8 heteroatoms. The maximum absolute atomic E-state index is 10.8. The van der Waals surface area contributed by atoms with Gasteiger partial charge in [0.15, 0.2) is 0 Å². The van der Waals surface area contributed by atoms with Gasteiger partial charge in [0.1, 0.15) is 0 Å². The smallest absolute Gasteiger partial charge is 0.335 e. The number of hydrogen-bond acceptors (Lipinski definition) is 4. The van der Waals surface area contributed by atoms with Crippen LogP contribution < -0.4 is 5.43 Å². The Bertz CT molecular complexity index is 843. The number of rotatable bonds is 5. The van der Waals surface area contributed by atoms with E-state index in [1.807, 2.05) is 0 Å². The molecule has 0 bridgehead atoms. The highest BCUT2D eigenvalue weighted by Gasteiger charge is 2.01. The van der Waals surface area contributed by atoms with Gasteiger partial charge in [0, 0.05) is 6.21 Å². The Morgan fingerprint density at radius 1 is 0.840 bits per heavy atom. The Morgan fingerprint density at radius 2 is 1.28 bits per heavy atom. The molecule has 0 aromatic heterocycles. The van der Waals surface area contributed by atoms with Crippen molar-refractivity contribution in [3.05, 3.63) is 70.8 Å². The number of carboxylic acid groups (broad SMARTS) is 2. The minimum absolute atomic E-state index is 0.126. The van der Waals surface area contributed by atoms with Gasteiger partial charge in [-0.25, -0.2) is 14.6 Å². The van der Waals surface area contributed by atoms with Gasteiger partial charge in [-0.3, -0.25) is 5.43 Å². The van der Waals surface area contributed by atoms with Crippen molar-refractivity contribution in [3.8, 4) is 0 Å². The van der Waals surface area contributed by atoms with Crippen LogP contribution in [0.2, 0.25) is 0 Å². The van der Waals surface area contributed by atoms with E-state index in [0.29, 0.717) is 11.1 Å². The van der Waals surface area contributed by atoms with E-state index in [9.17, 15) is 9.59 Å². The quantitative estimate of drug-likeness (QED) is 0.431. The van der Waals surface area contributed by atoms with Crippen LogP contribution in [-0.2, 0) is 0 Å². The number of carboxylic acids is 2. The maximum Gasteiger partial charge on any atom is 0.335 e. The molecule has 0 atom stereocenters. The number of thiocarbonyl (C=S) groups is 1. The van der Waals surface area contributed by atoms with Crippen LogP contribution in [0.5, 0.6) is 0 Å². The van der Waals surface area contributed by atoms with Crippen molar-refractivity contribution in [1.29, 1.82) is 0 Å². The number of carbonyl (C=O) groups is 2. The SMILES string of the molecule is O=C(O)c1ccc(C=NC(=S)N/N=C\c2ccc(C(=O)O)cc2)cc1. The molecular weight excluding hydrogens is 342 g/mol. The molecule has 126 valence electrons. The van der Waals surface area contributed by atoms with Gasteiger partial charge in [-0.15, -0.1) is 0 Å². The minimum Gasteiger partial charge on any atom is -0.478 e. The van der Waals surface area contributed by atoms with Crippen LogP contribution in [0.15, 0.2) is 58.6 Å². The molecule has 0 unspecified atom stereocenters. The summed E-state index contributed by atoms with van der Waals surface area (Å²) < 4.78 is 0. The molecule has 2 aromatic rings. The standard InChI is InChI=1S/C17H13N3O4S/c21-15(22)13-5-1-11(2-6-13)9-18-17(25)20-19-10-12-3-7-14(8-4-12)16(23)24/h1-10H,(H,20,25)(H,21,22)(H,23,24)/b18-9?,19-10-. The Labute approximate surface area is 148 Å². The van der Waals surface area contributed by atoms with Crippen molar-refractivity contribution in [2.75, 3.05) is 0 Å². The average Bonchev–Trinajstić information content (AvgIpc) is 2.60. The summed E-state index contributed by atoms with van der Waals surface area (Å²) in [6.07, 6.45) is 2.97. The van der Waals surface area contributed by atoms with E-state index >= 15 is 0 Å². The zero-order chi connectivity index (χ0) is 18.2. The number of nitrogens with one attached hydrogen (secondary N) is 1. The molecule has 25 heavy (non-hydrogen) atoms. The summed E-state index contributed by atoms with van der Waals surface area (Å²) in [6.45, 7) is 0. The highest BCUT2D eigenvalue weighted by molar-refractivity contribution is 7.80. The second-order valence-corrected chi connectivity index (χ2v) is 5.17. The molecule has 0 radical (unpaired) electrons. The number of hydrazone groups is 1. The normalized spacial score (nSPS) is 10.9. The van der Waals surface area contributed by atoms with Crippen molar-refractivity contribution >= 4 is 41.7 Å². The molecule has 0 amide bonds. The van der Waals surface area contributed by atoms with Crippen LogP contribution in [0.25, 0.3) is 0 Å². The lowest BCUT2D eigenvalue weighted by atomic mass is 10.1. The van der Waals surface area contributed by atoms with Crippen molar-refractivity contribution in [2.45, 2.75) is 0 Å². The molecule has 0 saturated carbocycles. The molecule has 3 N–H and O–H groups in total. The van der Waals surface area contributed by atoms with E-state index in [1.165, 1.54) is 36.7 Å². The van der Waals surface area contributed by atoms with Crippen molar-refractivity contribution in [1.82, 2.24) is 5.43 Å². The van der Waals surface area contributed by atoms with Crippen LogP contribution in [0.4, 0.5) is 0 Å². The number of aliphatic imine (C=N–C) groups is 1. The van der Waals surface area contributed by atoms with Gasteiger partial charge in [-0.2, -0.15) is 5.10 Å². The maximum atomic E-state index is 10.8.